The van der Waals surface area contributed by atoms with Gasteiger partial charge in [-0.15, -0.1) is 0 Å². The van der Waals surface area contributed by atoms with Gasteiger partial charge in [0.25, 0.3) is 0 Å². The smallest absolute Gasteiger partial charge is 0.191 e. The van der Waals surface area contributed by atoms with Crippen LogP contribution < -0.4 is 15.6 Å². The van der Waals surface area contributed by atoms with E-state index in [2.05, 4.69) is 58.9 Å². The fourth-order valence-electron chi connectivity index (χ4n) is 3.15. The van der Waals surface area contributed by atoms with Crippen LogP contribution in [0.3, 0.4) is 0 Å². The molecule has 4 nitrogen and oxygen atoms in total. The van der Waals surface area contributed by atoms with Crippen LogP contribution in [0.1, 0.15) is 30.0 Å². The third kappa shape index (κ3) is 4.57. The molecule has 0 spiro atoms. The lowest BCUT2D eigenvalue weighted by Crippen LogP contribution is -2.28. The number of anilines is 2. The van der Waals surface area contributed by atoms with Crippen LogP contribution in [0.4, 0.5) is 11.4 Å². The van der Waals surface area contributed by atoms with Gasteiger partial charge in [-0.1, -0.05) is 18.2 Å². The Morgan fingerprint density at radius 1 is 1.28 bits per heavy atom. The highest BCUT2D eigenvalue weighted by atomic mass is 32.1. The van der Waals surface area contributed by atoms with Crippen LogP contribution in [-0.2, 0) is 6.42 Å². The largest absolute Gasteiger partial charge is 0.372 e. The van der Waals surface area contributed by atoms with Crippen molar-refractivity contribution in [1.82, 2.24) is 5.43 Å². The number of fused-ring (bicyclic) bond motifs is 1. The summed E-state index contributed by atoms with van der Waals surface area (Å²) in [6.45, 7) is 6.46. The molecule has 2 aromatic rings. The molecule has 1 aliphatic rings. The average molecular weight is 353 g/mol. The number of hydrogen-bond acceptors (Lipinski definition) is 3. The molecular formula is C20H24N4S. The Morgan fingerprint density at radius 2 is 2.16 bits per heavy atom. The number of rotatable bonds is 4. The van der Waals surface area contributed by atoms with Crippen LogP contribution in [0.15, 0.2) is 47.6 Å². The molecule has 3 rings (SSSR count). The van der Waals surface area contributed by atoms with Crippen LogP contribution in [0.5, 0.6) is 0 Å². The van der Waals surface area contributed by atoms with Gasteiger partial charge in [0.2, 0.25) is 0 Å². The predicted molar refractivity (Wildman–Crippen MR) is 111 cm³/mol. The maximum Gasteiger partial charge on any atom is 0.191 e. The summed E-state index contributed by atoms with van der Waals surface area (Å²) in [4.78, 5) is 2.43. The molecule has 0 amide bonds. The van der Waals surface area contributed by atoms with Gasteiger partial charge in [0, 0.05) is 24.5 Å². The van der Waals surface area contributed by atoms with Gasteiger partial charge < -0.3 is 10.2 Å². The predicted octanol–water partition coefficient (Wildman–Crippen LogP) is 4.09. The molecule has 25 heavy (non-hydrogen) atoms. The van der Waals surface area contributed by atoms with Crippen molar-refractivity contribution in [3.8, 4) is 0 Å². The molecule has 0 atom stereocenters. The number of aryl methyl sites for hydroxylation is 2. The van der Waals surface area contributed by atoms with E-state index in [-0.39, 0.29) is 0 Å². The molecule has 2 N–H and O–H groups in total. The van der Waals surface area contributed by atoms with Crippen molar-refractivity contribution in [2.45, 2.75) is 26.7 Å². The molecule has 0 saturated heterocycles. The SMILES string of the molecule is CCN1CCCc2cc(/C=N\NC(=S)Nc3cccc(C)c3)ccc21. The third-order valence-corrected chi connectivity index (χ3v) is 4.55. The normalized spacial score (nSPS) is 13.6. The Morgan fingerprint density at radius 3 is 2.96 bits per heavy atom. The number of benzene rings is 2. The fraction of sp³-hybridized carbons (Fsp3) is 0.300. The van der Waals surface area contributed by atoms with Crippen molar-refractivity contribution < 1.29 is 0 Å². The first kappa shape index (κ1) is 17.4. The Balaban J connectivity index is 1.60. The zero-order chi connectivity index (χ0) is 17.6. The number of hydrazone groups is 1. The van der Waals surface area contributed by atoms with Gasteiger partial charge >= 0.3 is 0 Å². The monoisotopic (exact) mass is 352 g/mol. The molecule has 5 heteroatoms. The molecule has 0 bridgehead atoms. The zero-order valence-electron chi connectivity index (χ0n) is 14.7. The van der Waals surface area contributed by atoms with E-state index in [4.69, 9.17) is 12.2 Å². The van der Waals surface area contributed by atoms with E-state index in [9.17, 15) is 0 Å². The standard InChI is InChI=1S/C20H24N4S/c1-3-24-11-5-7-17-13-16(9-10-19(17)24)14-21-23-20(25)22-18-8-4-6-15(2)12-18/h4,6,8-10,12-14H,3,5,7,11H2,1-2H3,(H2,22,23,25)/b21-14-. The quantitative estimate of drug-likeness (QED) is 0.494. The van der Waals surface area contributed by atoms with Crippen LogP contribution in [0, 0.1) is 6.92 Å². The lowest BCUT2D eigenvalue weighted by Gasteiger charge is -2.30. The first-order valence-corrected chi connectivity index (χ1v) is 9.11. The summed E-state index contributed by atoms with van der Waals surface area (Å²) in [5.74, 6) is 0. The minimum atomic E-state index is 0.483. The van der Waals surface area contributed by atoms with Gasteiger partial charge in [-0.25, -0.2) is 0 Å². The molecule has 0 fully saturated rings. The summed E-state index contributed by atoms with van der Waals surface area (Å²) in [6, 6.07) is 14.6. The van der Waals surface area contributed by atoms with Gasteiger partial charge in [-0.3, -0.25) is 5.43 Å². The van der Waals surface area contributed by atoms with E-state index in [1.54, 1.807) is 0 Å². The van der Waals surface area contributed by atoms with E-state index in [1.807, 2.05) is 24.4 Å². The summed E-state index contributed by atoms with van der Waals surface area (Å²) in [5, 5.41) is 7.87. The first-order chi connectivity index (χ1) is 12.2. The second-order valence-electron chi connectivity index (χ2n) is 6.26. The lowest BCUT2D eigenvalue weighted by molar-refractivity contribution is 0.708. The minimum absolute atomic E-state index is 0.483. The Labute approximate surface area is 154 Å². The first-order valence-electron chi connectivity index (χ1n) is 8.70. The third-order valence-electron chi connectivity index (χ3n) is 4.36. The van der Waals surface area contributed by atoms with Gasteiger partial charge in [-0.2, -0.15) is 5.10 Å². The number of nitrogens with one attached hydrogen (secondary N) is 2. The molecule has 0 saturated carbocycles. The van der Waals surface area contributed by atoms with E-state index in [1.165, 1.54) is 23.2 Å². The Bertz CT molecular complexity index is 785. The van der Waals surface area contributed by atoms with Crippen molar-refractivity contribution in [1.29, 1.82) is 0 Å². The maximum absolute atomic E-state index is 5.28. The van der Waals surface area contributed by atoms with Gasteiger partial charge in [0.15, 0.2) is 5.11 Å². The maximum atomic E-state index is 5.28. The Hall–Kier alpha value is -2.40. The number of thiocarbonyl (C=S) groups is 1. The summed E-state index contributed by atoms with van der Waals surface area (Å²) < 4.78 is 0. The van der Waals surface area contributed by atoms with E-state index in [0.29, 0.717) is 5.11 Å². The summed E-state index contributed by atoms with van der Waals surface area (Å²) in [7, 11) is 0. The molecular weight excluding hydrogens is 328 g/mol. The van der Waals surface area contributed by atoms with Crippen LogP contribution >= 0.6 is 12.2 Å². The van der Waals surface area contributed by atoms with Gasteiger partial charge in [-0.05, 0) is 79.9 Å². The molecule has 0 aliphatic carbocycles. The second kappa shape index (κ2) is 8.12. The molecule has 130 valence electrons. The number of hydrogen-bond donors (Lipinski definition) is 2. The molecule has 1 aliphatic heterocycles. The van der Waals surface area contributed by atoms with Crippen molar-refractivity contribution in [2.24, 2.45) is 5.10 Å². The highest BCUT2D eigenvalue weighted by Crippen LogP contribution is 2.27. The van der Waals surface area contributed by atoms with Gasteiger partial charge in [0.1, 0.15) is 0 Å². The van der Waals surface area contributed by atoms with Crippen molar-refractivity contribution in [3.63, 3.8) is 0 Å². The van der Waals surface area contributed by atoms with E-state index in [0.717, 1.165) is 30.8 Å². The molecule has 1 heterocycles. The van der Waals surface area contributed by atoms with Crippen molar-refractivity contribution >= 4 is 34.9 Å². The summed E-state index contributed by atoms with van der Waals surface area (Å²) in [6.07, 6.45) is 4.16. The van der Waals surface area contributed by atoms with Gasteiger partial charge in [0.05, 0.1) is 6.21 Å². The van der Waals surface area contributed by atoms with Crippen LogP contribution in [0.25, 0.3) is 0 Å². The summed E-state index contributed by atoms with van der Waals surface area (Å²) in [5.41, 5.74) is 8.87. The molecule has 0 radical (unpaired) electrons. The van der Waals surface area contributed by atoms with Crippen molar-refractivity contribution in [3.05, 3.63) is 59.2 Å². The average Bonchev–Trinajstić information content (AvgIpc) is 2.61. The summed E-state index contributed by atoms with van der Waals surface area (Å²) >= 11 is 5.28. The molecule has 2 aromatic carbocycles. The highest BCUT2D eigenvalue weighted by molar-refractivity contribution is 7.80. The van der Waals surface area contributed by atoms with Crippen molar-refractivity contribution in [2.75, 3.05) is 23.3 Å². The molecule has 0 aromatic heterocycles. The minimum Gasteiger partial charge on any atom is -0.372 e. The molecule has 0 unspecified atom stereocenters. The topological polar surface area (TPSA) is 39.7 Å². The zero-order valence-corrected chi connectivity index (χ0v) is 15.6. The van der Waals surface area contributed by atoms with E-state index < -0.39 is 0 Å². The van der Waals surface area contributed by atoms with Crippen LogP contribution in [-0.4, -0.2) is 24.4 Å². The Kier molecular flexibility index (Phi) is 5.66. The van der Waals surface area contributed by atoms with E-state index >= 15 is 0 Å². The second-order valence-corrected chi connectivity index (χ2v) is 6.67. The highest BCUT2D eigenvalue weighted by Gasteiger charge is 2.15. The fourth-order valence-corrected chi connectivity index (χ4v) is 3.32. The lowest BCUT2D eigenvalue weighted by atomic mass is 9.99. The number of nitrogens with zero attached hydrogens (tertiary/aromatic N) is 2. The van der Waals surface area contributed by atoms with Crippen LogP contribution in [0.2, 0.25) is 0 Å².